The average Bonchev–Trinajstić information content (AvgIpc) is 3.84. The van der Waals surface area contributed by atoms with Gasteiger partial charge in [-0.1, -0.05) is 58.7 Å². The normalized spacial score (nSPS) is 31.9. The van der Waals surface area contributed by atoms with Gasteiger partial charge in [0.2, 0.25) is 5.91 Å². The Labute approximate surface area is 396 Å². The summed E-state index contributed by atoms with van der Waals surface area (Å²) in [6.07, 6.45) is -6.94. The fourth-order valence-corrected chi connectivity index (χ4v) is 11.4. The van der Waals surface area contributed by atoms with E-state index in [4.69, 9.17) is 28.1 Å². The highest BCUT2D eigenvalue weighted by molar-refractivity contribution is 5.95. The van der Waals surface area contributed by atoms with E-state index in [-0.39, 0.29) is 55.0 Å². The lowest BCUT2D eigenvalue weighted by Gasteiger charge is -2.67. The fourth-order valence-electron chi connectivity index (χ4n) is 11.4. The van der Waals surface area contributed by atoms with Gasteiger partial charge in [0.05, 0.1) is 35.9 Å². The molecule has 1 aromatic carbocycles. The van der Waals surface area contributed by atoms with Gasteiger partial charge in [0.25, 0.3) is 0 Å². The number of nitrogens with zero attached hydrogens (tertiary/aromatic N) is 2. The van der Waals surface area contributed by atoms with Crippen molar-refractivity contribution >= 4 is 35.7 Å². The first kappa shape index (κ1) is 50.7. The van der Waals surface area contributed by atoms with Crippen LogP contribution in [0.2, 0.25) is 0 Å². The number of aliphatic hydroxyl groups excluding tert-OH is 2. The molecule has 7 rings (SSSR count). The highest BCUT2D eigenvalue weighted by Crippen LogP contribution is 2.64. The number of aliphatic hydroxyl groups is 3. The third-order valence-electron chi connectivity index (χ3n) is 15.3. The second kappa shape index (κ2) is 20.1. The molecule has 0 radical (unpaired) electrons. The molecular weight excluding hydrogens is 883 g/mol. The molecule has 1 aromatic heterocycles. The Kier molecular flexibility index (Phi) is 15.0. The van der Waals surface area contributed by atoms with E-state index in [1.54, 1.807) is 39.0 Å². The number of rotatable bonds is 15. The van der Waals surface area contributed by atoms with Gasteiger partial charge in [-0.15, -0.1) is 0 Å². The van der Waals surface area contributed by atoms with Gasteiger partial charge in [0.1, 0.15) is 35.7 Å². The van der Waals surface area contributed by atoms with Crippen molar-refractivity contribution in [1.29, 1.82) is 0 Å². The minimum absolute atomic E-state index is 0.00877. The number of ether oxygens (including phenoxy) is 5. The summed E-state index contributed by atoms with van der Waals surface area (Å²) in [5.74, 6) is -5.75. The topological polar surface area (TPSA) is 241 Å². The van der Waals surface area contributed by atoms with Crippen molar-refractivity contribution < 1.29 is 72.2 Å². The maximum atomic E-state index is 16.0. The summed E-state index contributed by atoms with van der Waals surface area (Å²) in [5.41, 5.74) is -7.72. The molecule has 4 N–H and O–H groups in total. The number of furan rings is 1. The van der Waals surface area contributed by atoms with Crippen molar-refractivity contribution in [3.8, 4) is 0 Å². The summed E-state index contributed by atoms with van der Waals surface area (Å²) in [7, 11) is 0. The van der Waals surface area contributed by atoms with E-state index in [2.05, 4.69) is 17.1 Å². The van der Waals surface area contributed by atoms with E-state index in [9.17, 15) is 39.3 Å². The zero-order chi connectivity index (χ0) is 49.3. The van der Waals surface area contributed by atoms with E-state index in [1.807, 2.05) is 6.92 Å². The number of carbonyl (C=O) groups excluding carboxylic acids is 6. The van der Waals surface area contributed by atoms with Crippen LogP contribution in [-0.4, -0.2) is 148 Å². The summed E-state index contributed by atoms with van der Waals surface area (Å²) in [5, 5.41) is 40.7. The van der Waals surface area contributed by atoms with Crippen LogP contribution >= 0.6 is 0 Å². The summed E-state index contributed by atoms with van der Waals surface area (Å²) in [4.78, 5) is 89.3. The number of unbranched alkanes of at least 4 members (excludes halogenated alkanes) is 2. The van der Waals surface area contributed by atoms with Crippen LogP contribution in [0.1, 0.15) is 116 Å². The predicted molar refractivity (Wildman–Crippen MR) is 241 cm³/mol. The number of carbonyl (C=O) groups is 6. The first-order valence-corrected chi connectivity index (χ1v) is 23.9. The second-order valence-corrected chi connectivity index (χ2v) is 19.7. The fraction of sp³-hybridized carbons (Fsp3) is 0.640. The van der Waals surface area contributed by atoms with Crippen molar-refractivity contribution in [2.45, 2.75) is 147 Å². The molecule has 2 unspecified atom stereocenters. The Morgan fingerprint density at radius 1 is 0.941 bits per heavy atom. The van der Waals surface area contributed by atoms with Gasteiger partial charge in [-0.3, -0.25) is 19.3 Å². The Morgan fingerprint density at radius 3 is 2.25 bits per heavy atom. The summed E-state index contributed by atoms with van der Waals surface area (Å²) < 4.78 is 36.7. The van der Waals surface area contributed by atoms with Gasteiger partial charge >= 0.3 is 24.0 Å². The molecule has 2 aromatic rings. The Balaban J connectivity index is 1.38. The predicted octanol–water partition coefficient (Wildman–Crippen LogP) is 4.20. The third kappa shape index (κ3) is 9.09. The van der Waals surface area contributed by atoms with Crippen molar-refractivity contribution in [2.24, 2.45) is 16.7 Å². The standard InChI is InChI=1S/C50H67N3O15/c1-8-10-12-19-36(56)51-38(32-18-15-25-63-32)39(57)45(60)65-33-27-50(62)43(67-44(59)31-16-13-11-14-17-31)41-48(7,34(55)26-35-49(41,28-64-35)68-30(4)54)42(58)40(37(29(33)3)47(50,5)6)66-46(61)53-23-21-52(20-9-2)22-24-53/h11,13-18,25,33-35,38-41,43,55,57,62H,8-10,12,19-24,26-28H2,1-7H3,(H,51,56)/t33-,34-,35+,38+,39+,40+,41?,43?,48+,49-,50+/m0/s1. The minimum Gasteiger partial charge on any atom is -0.467 e. The van der Waals surface area contributed by atoms with E-state index in [0.717, 1.165) is 25.8 Å². The lowest BCUT2D eigenvalue weighted by molar-refractivity contribution is -0.345. The second-order valence-electron chi connectivity index (χ2n) is 19.7. The van der Waals surface area contributed by atoms with Crippen LogP contribution in [0.5, 0.6) is 0 Å². The van der Waals surface area contributed by atoms with E-state index >= 15 is 4.79 Å². The third-order valence-corrected chi connectivity index (χ3v) is 15.3. The number of amides is 2. The van der Waals surface area contributed by atoms with Crippen LogP contribution in [0, 0.1) is 16.7 Å². The number of hydrogen-bond donors (Lipinski definition) is 4. The van der Waals surface area contributed by atoms with E-state index < -0.39 is 113 Å². The Hall–Kier alpha value is -5.14. The molecule has 372 valence electrons. The Bertz CT molecular complexity index is 2220. The number of benzene rings is 1. The lowest BCUT2D eigenvalue weighted by Crippen LogP contribution is -2.82. The zero-order valence-corrected chi connectivity index (χ0v) is 40.1. The van der Waals surface area contributed by atoms with Crippen LogP contribution < -0.4 is 5.32 Å². The van der Waals surface area contributed by atoms with Crippen LogP contribution in [0.15, 0.2) is 64.3 Å². The zero-order valence-electron chi connectivity index (χ0n) is 40.1. The van der Waals surface area contributed by atoms with Crippen molar-refractivity contribution in [3.05, 3.63) is 71.2 Å². The first-order valence-electron chi connectivity index (χ1n) is 23.9. The molecule has 2 aliphatic heterocycles. The molecule has 0 spiro atoms. The highest BCUT2D eigenvalue weighted by atomic mass is 16.6. The van der Waals surface area contributed by atoms with Gasteiger partial charge < -0.3 is 53.6 Å². The number of ketones is 1. The molecule has 2 bridgehead atoms. The van der Waals surface area contributed by atoms with Crippen molar-refractivity contribution in [3.63, 3.8) is 0 Å². The molecule has 3 aliphatic carbocycles. The molecule has 18 nitrogen and oxygen atoms in total. The molecular formula is C50H67N3O15. The maximum Gasteiger partial charge on any atom is 0.410 e. The highest BCUT2D eigenvalue weighted by Gasteiger charge is 2.78. The molecule has 2 amide bonds. The number of nitrogens with one attached hydrogen (secondary N) is 1. The molecule has 5 aliphatic rings. The largest absolute Gasteiger partial charge is 0.467 e. The van der Waals surface area contributed by atoms with Gasteiger partial charge in [0, 0.05) is 57.8 Å². The van der Waals surface area contributed by atoms with Gasteiger partial charge in [-0.25, -0.2) is 14.4 Å². The first-order chi connectivity index (χ1) is 32.2. The number of piperazine rings is 1. The molecule has 2 saturated heterocycles. The van der Waals surface area contributed by atoms with Gasteiger partial charge in [-0.2, -0.15) is 0 Å². The van der Waals surface area contributed by atoms with Crippen LogP contribution in [0.4, 0.5) is 4.79 Å². The Morgan fingerprint density at radius 2 is 1.65 bits per heavy atom. The van der Waals surface area contributed by atoms with E-state index in [0.29, 0.717) is 19.5 Å². The van der Waals surface area contributed by atoms with Crippen LogP contribution in [-0.2, 0) is 42.9 Å². The number of fused-ring (bicyclic) bond motifs is 5. The smallest absolute Gasteiger partial charge is 0.410 e. The van der Waals surface area contributed by atoms with Gasteiger partial charge in [0.15, 0.2) is 23.6 Å². The monoisotopic (exact) mass is 949 g/mol. The number of Topliss-reactive ketones (excluding diaryl/α,β-unsaturated/α-hetero) is 1. The summed E-state index contributed by atoms with van der Waals surface area (Å²) >= 11 is 0. The maximum absolute atomic E-state index is 16.0. The number of hydrogen-bond acceptors (Lipinski definition) is 16. The van der Waals surface area contributed by atoms with Crippen LogP contribution in [0.25, 0.3) is 0 Å². The van der Waals surface area contributed by atoms with Gasteiger partial charge in [-0.05, 0) is 68.6 Å². The molecule has 4 fully saturated rings. The summed E-state index contributed by atoms with van der Waals surface area (Å²) in [6, 6.07) is 9.52. The molecule has 11 atom stereocenters. The molecule has 3 heterocycles. The molecule has 68 heavy (non-hydrogen) atoms. The van der Waals surface area contributed by atoms with E-state index in [1.165, 1.54) is 49.3 Å². The van der Waals surface area contributed by atoms with Crippen molar-refractivity contribution in [2.75, 3.05) is 39.3 Å². The van der Waals surface area contributed by atoms with Crippen molar-refractivity contribution in [1.82, 2.24) is 15.1 Å². The lowest BCUT2D eigenvalue weighted by atomic mass is 9.44. The summed E-state index contributed by atoms with van der Waals surface area (Å²) in [6.45, 7) is 13.6. The van der Waals surface area contributed by atoms with Crippen LogP contribution in [0.3, 0.4) is 0 Å². The molecule has 2 saturated carbocycles. The SMILES string of the molecule is CCCCCC(=O)N[C@H](c1ccco1)[C@@H](O)C(=O)O[C@H]1C[C@@]2(O)C(OC(=O)c3ccccc3)C3[C@](C)(C(=O)[C@H](OC(=O)N4CCN(CCC)CC4)C(=C1C)C2(C)C)[C@@H](O)C[C@H]1OC[C@@]31OC(C)=O. The average molecular weight is 950 g/mol. The molecule has 18 heteroatoms. The quantitative estimate of drug-likeness (QED) is 0.0847. The number of esters is 3. The minimum atomic E-state index is -2.41.